The number of nitrogens with two attached hydrogens (primary N) is 1. The van der Waals surface area contributed by atoms with Crippen molar-refractivity contribution in [2.24, 2.45) is 10.8 Å². The van der Waals surface area contributed by atoms with Gasteiger partial charge in [-0.2, -0.15) is 5.10 Å². The third-order valence-corrected chi connectivity index (χ3v) is 1.96. The minimum Gasteiger partial charge on any atom is -0.481 e. The van der Waals surface area contributed by atoms with Gasteiger partial charge in [-0.25, -0.2) is 15.0 Å². The number of rotatable bonds is 5. The van der Waals surface area contributed by atoms with E-state index in [0.29, 0.717) is 17.0 Å². The second kappa shape index (κ2) is 6.24. The number of primary amides is 1. The number of carbonyl (C=O) groups is 2. The van der Waals surface area contributed by atoms with Crippen LogP contribution >= 0.6 is 0 Å². The van der Waals surface area contributed by atoms with E-state index >= 15 is 0 Å². The maximum absolute atomic E-state index is 10.5. The quantitative estimate of drug-likeness (QED) is 0.523. The summed E-state index contributed by atoms with van der Waals surface area (Å²) in [7, 11) is 0. The average Bonchev–Trinajstić information content (AvgIpc) is 2.33. The Morgan fingerprint density at radius 3 is 2.72 bits per heavy atom. The number of hydrogen-bond donors (Lipinski definition) is 3. The van der Waals surface area contributed by atoms with Crippen molar-refractivity contribution in [1.29, 1.82) is 0 Å². The van der Waals surface area contributed by atoms with Gasteiger partial charge in [-0.3, -0.25) is 0 Å². The van der Waals surface area contributed by atoms with Crippen molar-refractivity contribution in [2.75, 3.05) is 6.61 Å². The highest BCUT2D eigenvalue weighted by Crippen LogP contribution is 2.18. The van der Waals surface area contributed by atoms with Crippen LogP contribution in [0.15, 0.2) is 29.4 Å². The first-order valence-electron chi connectivity index (χ1n) is 5.04. The van der Waals surface area contributed by atoms with Gasteiger partial charge in [-0.05, 0) is 19.1 Å². The standard InChI is InChI=1S/C11H13N3O4/c1-7(13-14-11(12)17)8-4-2-3-5-9(8)18-6-10(15)16/h2-5H,6H2,1H3,(H,15,16)(H3,12,14,17)/b13-7-. The van der Waals surface area contributed by atoms with Gasteiger partial charge in [0.15, 0.2) is 6.61 Å². The molecule has 0 aliphatic carbocycles. The molecule has 1 rings (SSSR count). The van der Waals surface area contributed by atoms with Gasteiger partial charge in [0.1, 0.15) is 5.75 Å². The van der Waals surface area contributed by atoms with E-state index < -0.39 is 18.6 Å². The number of benzene rings is 1. The van der Waals surface area contributed by atoms with Crippen molar-refractivity contribution in [1.82, 2.24) is 5.43 Å². The number of urea groups is 1. The predicted octanol–water partition coefficient (Wildman–Crippen LogP) is 0.542. The minimum atomic E-state index is -1.07. The number of carboxylic acid groups (broad SMARTS) is 1. The molecule has 0 aliphatic heterocycles. The number of nitrogens with zero attached hydrogens (tertiary/aromatic N) is 1. The first kappa shape index (κ1) is 13.5. The number of ether oxygens (including phenoxy) is 1. The molecule has 0 saturated heterocycles. The van der Waals surface area contributed by atoms with Gasteiger partial charge in [0.25, 0.3) is 0 Å². The third kappa shape index (κ3) is 4.12. The van der Waals surface area contributed by atoms with E-state index in [1.54, 1.807) is 31.2 Å². The first-order valence-corrected chi connectivity index (χ1v) is 5.04. The Morgan fingerprint density at radius 2 is 2.11 bits per heavy atom. The maximum atomic E-state index is 10.5. The average molecular weight is 251 g/mol. The number of para-hydroxylation sites is 1. The van der Waals surface area contributed by atoms with Crippen LogP contribution in [0.1, 0.15) is 12.5 Å². The van der Waals surface area contributed by atoms with Gasteiger partial charge >= 0.3 is 12.0 Å². The number of hydrazone groups is 1. The zero-order valence-corrected chi connectivity index (χ0v) is 9.71. The van der Waals surface area contributed by atoms with E-state index in [-0.39, 0.29) is 0 Å². The zero-order valence-electron chi connectivity index (χ0n) is 9.71. The molecule has 0 bridgehead atoms. The largest absolute Gasteiger partial charge is 0.481 e. The number of carboxylic acids is 1. The van der Waals surface area contributed by atoms with E-state index in [0.717, 1.165) is 0 Å². The molecule has 0 heterocycles. The number of carbonyl (C=O) groups excluding carboxylic acids is 1. The summed E-state index contributed by atoms with van der Waals surface area (Å²) in [6.07, 6.45) is 0. The Labute approximate surface area is 103 Å². The number of aliphatic carboxylic acids is 1. The molecule has 0 radical (unpaired) electrons. The molecular formula is C11H13N3O4. The van der Waals surface area contributed by atoms with Crippen molar-refractivity contribution < 1.29 is 19.4 Å². The molecule has 0 spiro atoms. The van der Waals surface area contributed by atoms with Crippen LogP contribution in [0.3, 0.4) is 0 Å². The number of hydrogen-bond acceptors (Lipinski definition) is 4. The smallest absolute Gasteiger partial charge is 0.341 e. The van der Waals surface area contributed by atoms with Crippen molar-refractivity contribution >= 4 is 17.7 Å². The lowest BCUT2D eigenvalue weighted by molar-refractivity contribution is -0.139. The van der Waals surface area contributed by atoms with Gasteiger partial charge in [0, 0.05) is 5.56 Å². The van der Waals surface area contributed by atoms with Crippen LogP contribution in [-0.4, -0.2) is 29.4 Å². The summed E-state index contributed by atoms with van der Waals surface area (Å²) in [5.74, 6) is -0.706. The van der Waals surface area contributed by atoms with Crippen LogP contribution in [0.4, 0.5) is 4.79 Å². The van der Waals surface area contributed by atoms with E-state index in [1.807, 2.05) is 0 Å². The zero-order chi connectivity index (χ0) is 13.5. The summed E-state index contributed by atoms with van der Waals surface area (Å²) >= 11 is 0. The second-order valence-corrected chi connectivity index (χ2v) is 3.35. The van der Waals surface area contributed by atoms with Gasteiger partial charge in [0.05, 0.1) is 5.71 Å². The van der Waals surface area contributed by atoms with Crippen molar-refractivity contribution in [3.8, 4) is 5.75 Å². The molecule has 7 heteroatoms. The Morgan fingerprint density at radius 1 is 1.44 bits per heavy atom. The van der Waals surface area contributed by atoms with Gasteiger partial charge in [-0.1, -0.05) is 12.1 Å². The van der Waals surface area contributed by atoms with Crippen molar-refractivity contribution in [3.05, 3.63) is 29.8 Å². The maximum Gasteiger partial charge on any atom is 0.341 e. The second-order valence-electron chi connectivity index (χ2n) is 3.35. The van der Waals surface area contributed by atoms with Crippen LogP contribution < -0.4 is 15.9 Å². The molecular weight excluding hydrogens is 238 g/mol. The molecule has 0 saturated carbocycles. The molecule has 96 valence electrons. The topological polar surface area (TPSA) is 114 Å². The Balaban J connectivity index is 2.90. The summed E-state index contributed by atoms with van der Waals surface area (Å²) in [5, 5.41) is 12.3. The first-order chi connectivity index (χ1) is 8.50. The van der Waals surface area contributed by atoms with Crippen LogP contribution in [0.5, 0.6) is 5.75 Å². The summed E-state index contributed by atoms with van der Waals surface area (Å²) in [6.45, 7) is 1.19. The monoisotopic (exact) mass is 251 g/mol. The summed E-state index contributed by atoms with van der Waals surface area (Å²) in [6, 6.07) is 5.97. The molecule has 4 N–H and O–H groups in total. The van der Waals surface area contributed by atoms with Crippen molar-refractivity contribution in [2.45, 2.75) is 6.92 Å². The Hall–Kier alpha value is -2.57. The fourth-order valence-electron chi connectivity index (χ4n) is 1.23. The normalized spacial score (nSPS) is 10.8. The Bertz CT molecular complexity index is 485. The Kier molecular flexibility index (Phi) is 4.67. The SMILES string of the molecule is C/C(=N/NC(N)=O)c1ccccc1OCC(=O)O. The molecule has 0 fully saturated rings. The van der Waals surface area contributed by atoms with Gasteiger partial charge in [0.2, 0.25) is 0 Å². The fraction of sp³-hybridized carbons (Fsp3) is 0.182. The molecule has 0 aromatic heterocycles. The molecule has 1 aromatic carbocycles. The molecule has 18 heavy (non-hydrogen) atoms. The number of nitrogens with one attached hydrogen (secondary N) is 1. The summed E-state index contributed by atoms with van der Waals surface area (Å²) in [5.41, 5.74) is 8.01. The van der Waals surface area contributed by atoms with Gasteiger partial charge < -0.3 is 15.6 Å². The lowest BCUT2D eigenvalue weighted by Crippen LogP contribution is -2.25. The van der Waals surface area contributed by atoms with Gasteiger partial charge in [-0.15, -0.1) is 0 Å². The van der Waals surface area contributed by atoms with Crippen LogP contribution in [0, 0.1) is 0 Å². The highest BCUT2D eigenvalue weighted by atomic mass is 16.5. The van der Waals surface area contributed by atoms with E-state index in [9.17, 15) is 9.59 Å². The van der Waals surface area contributed by atoms with Crippen molar-refractivity contribution in [3.63, 3.8) is 0 Å². The lowest BCUT2D eigenvalue weighted by Gasteiger charge is -2.09. The third-order valence-electron chi connectivity index (χ3n) is 1.96. The predicted molar refractivity (Wildman–Crippen MR) is 64.5 cm³/mol. The number of amides is 2. The molecule has 7 nitrogen and oxygen atoms in total. The molecule has 0 atom stereocenters. The van der Waals surface area contributed by atoms with Crippen LogP contribution in [0.2, 0.25) is 0 Å². The fourth-order valence-corrected chi connectivity index (χ4v) is 1.23. The van der Waals surface area contributed by atoms with Crippen LogP contribution in [-0.2, 0) is 4.79 Å². The van der Waals surface area contributed by atoms with E-state index in [4.69, 9.17) is 15.6 Å². The highest BCUT2D eigenvalue weighted by molar-refractivity contribution is 6.01. The highest BCUT2D eigenvalue weighted by Gasteiger charge is 2.08. The van der Waals surface area contributed by atoms with E-state index in [1.165, 1.54) is 0 Å². The van der Waals surface area contributed by atoms with Crippen LogP contribution in [0.25, 0.3) is 0 Å². The summed E-state index contributed by atoms with van der Waals surface area (Å²) in [4.78, 5) is 21.0. The van der Waals surface area contributed by atoms with E-state index in [2.05, 4.69) is 10.5 Å². The summed E-state index contributed by atoms with van der Waals surface area (Å²) < 4.78 is 5.10. The molecule has 1 aromatic rings. The molecule has 0 unspecified atom stereocenters. The molecule has 2 amide bonds. The molecule has 0 aliphatic rings. The lowest BCUT2D eigenvalue weighted by atomic mass is 10.1. The minimum absolute atomic E-state index is 0.368.